The van der Waals surface area contributed by atoms with Crippen LogP contribution in [0.4, 0.5) is 0 Å². The molecule has 2 atom stereocenters. The minimum absolute atomic E-state index is 0.0155. The van der Waals surface area contributed by atoms with E-state index in [4.69, 9.17) is 26.7 Å². The number of aryl methyl sites for hydroxylation is 1. The number of hydrogen-bond acceptors (Lipinski definition) is 5. The van der Waals surface area contributed by atoms with Crippen LogP contribution in [-0.4, -0.2) is 71.0 Å². The molecule has 2 saturated heterocycles. The van der Waals surface area contributed by atoms with Crippen molar-refractivity contribution in [3.8, 4) is 11.4 Å². The molecule has 0 aliphatic carbocycles. The number of pyridine rings is 1. The van der Waals surface area contributed by atoms with Crippen molar-refractivity contribution in [2.45, 2.75) is 25.9 Å². The first-order valence-electron chi connectivity index (χ1n) is 12.2. The zero-order valence-electron chi connectivity index (χ0n) is 20.6. The summed E-state index contributed by atoms with van der Waals surface area (Å²) in [5.41, 5.74) is 5.79. The van der Waals surface area contributed by atoms with Gasteiger partial charge in [0.1, 0.15) is 5.75 Å². The second-order valence-corrected chi connectivity index (χ2v) is 9.52. The number of hydrogen-bond donors (Lipinski definition) is 1. The lowest BCUT2D eigenvalue weighted by atomic mass is 9.96. The molecule has 3 aromatic rings. The highest BCUT2D eigenvalue weighted by Crippen LogP contribution is 2.41. The largest absolute Gasteiger partial charge is 0.497 e. The van der Waals surface area contributed by atoms with Crippen LogP contribution in [-0.2, 0) is 4.74 Å². The summed E-state index contributed by atoms with van der Waals surface area (Å²) in [5.74, 6) is 0.853. The summed E-state index contributed by atoms with van der Waals surface area (Å²) in [6.45, 7) is 9.69. The molecule has 0 bridgehead atoms. The van der Waals surface area contributed by atoms with Crippen LogP contribution < -0.4 is 10.1 Å². The van der Waals surface area contributed by atoms with Crippen LogP contribution in [0.5, 0.6) is 5.75 Å². The first-order valence-corrected chi connectivity index (χ1v) is 12.6. The van der Waals surface area contributed by atoms with Gasteiger partial charge in [-0.25, -0.2) is 0 Å². The molecule has 2 aliphatic rings. The average molecular weight is 492 g/mol. The van der Waals surface area contributed by atoms with E-state index in [1.54, 1.807) is 7.11 Å². The monoisotopic (exact) mass is 491 g/mol. The topological polar surface area (TPSA) is 54.8 Å². The second kappa shape index (κ2) is 10.4. The molecule has 1 aromatic carbocycles. The lowest BCUT2D eigenvalue weighted by Crippen LogP contribution is -2.42. The van der Waals surface area contributed by atoms with Crippen molar-refractivity contribution in [3.05, 3.63) is 77.4 Å². The summed E-state index contributed by atoms with van der Waals surface area (Å²) in [4.78, 5) is 9.50. The molecule has 2 aromatic heterocycles. The third-order valence-electron chi connectivity index (χ3n) is 7.08. The Bertz CT molecular complexity index is 1160. The zero-order chi connectivity index (χ0) is 24.4. The fraction of sp³-hybridized carbons (Fsp3) is 0.407. The SMILES string of the molecule is COc1ccc(-n2c(C)cc([C@H]3[C@@H](c4ccccn4)NC(=S)N3CCN3CCOCC3)c2C)cc1. The summed E-state index contributed by atoms with van der Waals surface area (Å²) in [6.07, 6.45) is 1.86. The molecule has 0 radical (unpaired) electrons. The third-order valence-corrected chi connectivity index (χ3v) is 7.43. The lowest BCUT2D eigenvalue weighted by molar-refractivity contribution is 0.0350. The highest BCUT2D eigenvalue weighted by Gasteiger charge is 2.41. The van der Waals surface area contributed by atoms with Crippen LogP contribution in [0, 0.1) is 13.8 Å². The van der Waals surface area contributed by atoms with Gasteiger partial charge in [0.05, 0.1) is 38.1 Å². The van der Waals surface area contributed by atoms with Crippen molar-refractivity contribution in [2.75, 3.05) is 46.5 Å². The molecule has 0 amide bonds. The van der Waals surface area contributed by atoms with E-state index < -0.39 is 0 Å². The highest BCUT2D eigenvalue weighted by molar-refractivity contribution is 7.80. The Morgan fingerprint density at radius 1 is 1.09 bits per heavy atom. The smallest absolute Gasteiger partial charge is 0.170 e. The zero-order valence-corrected chi connectivity index (χ0v) is 21.4. The van der Waals surface area contributed by atoms with Crippen LogP contribution in [0.3, 0.4) is 0 Å². The average Bonchev–Trinajstić information content (AvgIpc) is 3.38. The van der Waals surface area contributed by atoms with E-state index in [-0.39, 0.29) is 12.1 Å². The van der Waals surface area contributed by atoms with Crippen LogP contribution >= 0.6 is 12.2 Å². The van der Waals surface area contributed by atoms with E-state index >= 15 is 0 Å². The van der Waals surface area contributed by atoms with E-state index in [1.165, 1.54) is 17.0 Å². The fourth-order valence-electron chi connectivity index (χ4n) is 5.27. The van der Waals surface area contributed by atoms with E-state index in [2.05, 4.69) is 57.8 Å². The van der Waals surface area contributed by atoms with Gasteiger partial charge in [-0.3, -0.25) is 9.88 Å². The van der Waals surface area contributed by atoms with Crippen molar-refractivity contribution in [1.82, 2.24) is 24.7 Å². The molecule has 5 rings (SSSR count). The third kappa shape index (κ3) is 4.78. The number of benzene rings is 1. The lowest BCUT2D eigenvalue weighted by Gasteiger charge is -2.32. The second-order valence-electron chi connectivity index (χ2n) is 9.13. The number of ether oxygens (including phenoxy) is 2. The number of nitrogens with one attached hydrogen (secondary N) is 1. The number of morpholine rings is 1. The molecule has 0 spiro atoms. The van der Waals surface area contributed by atoms with Crippen molar-refractivity contribution >= 4 is 17.3 Å². The van der Waals surface area contributed by atoms with Gasteiger partial charge in [0, 0.05) is 49.5 Å². The molecular formula is C27H33N5O2S. The number of rotatable bonds is 7. The van der Waals surface area contributed by atoms with Gasteiger partial charge < -0.3 is 24.3 Å². The van der Waals surface area contributed by atoms with Crippen LogP contribution in [0.15, 0.2) is 54.7 Å². The Balaban J connectivity index is 1.51. The van der Waals surface area contributed by atoms with Gasteiger partial charge in [0.25, 0.3) is 0 Å². The molecule has 184 valence electrons. The van der Waals surface area contributed by atoms with Gasteiger partial charge >= 0.3 is 0 Å². The Morgan fingerprint density at radius 3 is 2.54 bits per heavy atom. The Kier molecular flexibility index (Phi) is 7.04. The Labute approximate surface area is 212 Å². The molecule has 7 nitrogen and oxygen atoms in total. The maximum Gasteiger partial charge on any atom is 0.170 e. The number of thiocarbonyl (C=S) groups is 1. The minimum Gasteiger partial charge on any atom is -0.497 e. The number of aromatic nitrogens is 2. The van der Waals surface area contributed by atoms with Gasteiger partial charge in [-0.2, -0.15) is 0 Å². The molecule has 1 N–H and O–H groups in total. The summed E-state index contributed by atoms with van der Waals surface area (Å²) >= 11 is 5.89. The highest BCUT2D eigenvalue weighted by atomic mass is 32.1. The van der Waals surface area contributed by atoms with Gasteiger partial charge in [-0.1, -0.05) is 6.07 Å². The molecule has 0 unspecified atom stereocenters. The van der Waals surface area contributed by atoms with E-state index in [0.29, 0.717) is 0 Å². The normalized spacial score (nSPS) is 20.8. The molecule has 2 aliphatic heterocycles. The fourth-order valence-corrected chi connectivity index (χ4v) is 5.61. The van der Waals surface area contributed by atoms with Gasteiger partial charge in [0.15, 0.2) is 5.11 Å². The summed E-state index contributed by atoms with van der Waals surface area (Å²) < 4.78 is 13.2. The van der Waals surface area contributed by atoms with Crippen molar-refractivity contribution in [2.24, 2.45) is 0 Å². The quantitative estimate of drug-likeness (QED) is 0.505. The minimum atomic E-state index is -0.0155. The van der Waals surface area contributed by atoms with E-state index in [0.717, 1.165) is 61.6 Å². The van der Waals surface area contributed by atoms with Crippen LogP contribution in [0.25, 0.3) is 5.69 Å². The molecular weight excluding hydrogens is 458 g/mol. The molecule has 0 saturated carbocycles. The maximum absolute atomic E-state index is 5.89. The summed E-state index contributed by atoms with van der Waals surface area (Å²) in [6, 6.07) is 16.6. The molecule has 2 fully saturated rings. The Hall–Kier alpha value is -2.94. The number of nitrogens with zero attached hydrogens (tertiary/aromatic N) is 4. The van der Waals surface area contributed by atoms with Gasteiger partial charge in [-0.15, -0.1) is 0 Å². The van der Waals surface area contributed by atoms with Gasteiger partial charge in [-0.05, 0) is 74.1 Å². The van der Waals surface area contributed by atoms with Gasteiger partial charge in [0.2, 0.25) is 0 Å². The van der Waals surface area contributed by atoms with E-state index in [1.807, 2.05) is 30.5 Å². The Morgan fingerprint density at radius 2 is 1.86 bits per heavy atom. The predicted molar refractivity (Wildman–Crippen MR) is 141 cm³/mol. The predicted octanol–water partition coefficient (Wildman–Crippen LogP) is 3.80. The number of methoxy groups -OCH3 is 1. The molecule has 4 heterocycles. The van der Waals surface area contributed by atoms with Crippen LogP contribution in [0.2, 0.25) is 0 Å². The van der Waals surface area contributed by atoms with Crippen molar-refractivity contribution in [1.29, 1.82) is 0 Å². The maximum atomic E-state index is 5.89. The van der Waals surface area contributed by atoms with Crippen LogP contribution in [0.1, 0.15) is 34.7 Å². The standard InChI is InChI=1S/C27H33N5O2S/c1-19-18-23(20(2)32(19)21-7-9-22(33-3)10-8-21)26-25(24-6-4-5-11-28-24)29-27(35)31(26)13-12-30-14-16-34-17-15-30/h4-11,18,25-26H,12-17H2,1-3H3,(H,29,35)/t25-,26+/m1/s1. The molecule has 35 heavy (non-hydrogen) atoms. The first kappa shape index (κ1) is 23.8. The van der Waals surface area contributed by atoms with Crippen molar-refractivity contribution in [3.63, 3.8) is 0 Å². The van der Waals surface area contributed by atoms with E-state index in [9.17, 15) is 0 Å². The van der Waals surface area contributed by atoms with Crippen molar-refractivity contribution < 1.29 is 9.47 Å². The summed E-state index contributed by atoms with van der Waals surface area (Å²) in [5, 5.41) is 4.38. The first-order chi connectivity index (χ1) is 17.1. The summed E-state index contributed by atoms with van der Waals surface area (Å²) in [7, 11) is 1.69. The molecule has 8 heteroatoms.